The van der Waals surface area contributed by atoms with Crippen LogP contribution in [0.3, 0.4) is 0 Å². The molecule has 0 aliphatic carbocycles. The van der Waals surface area contributed by atoms with Crippen molar-refractivity contribution in [1.82, 2.24) is 5.32 Å². The second-order valence-electron chi connectivity index (χ2n) is 21.5. The van der Waals surface area contributed by atoms with Crippen molar-refractivity contribution in [3.8, 4) is 0 Å². The van der Waals surface area contributed by atoms with Crippen molar-refractivity contribution < 1.29 is 15.0 Å². The van der Waals surface area contributed by atoms with Crippen LogP contribution in [0.4, 0.5) is 0 Å². The van der Waals surface area contributed by atoms with Crippen LogP contribution in [0.1, 0.15) is 348 Å². The van der Waals surface area contributed by atoms with Gasteiger partial charge in [0.15, 0.2) is 0 Å². The van der Waals surface area contributed by atoms with Crippen molar-refractivity contribution >= 4 is 5.91 Å². The summed E-state index contributed by atoms with van der Waals surface area (Å²) in [5.41, 5.74) is 0. The summed E-state index contributed by atoms with van der Waals surface area (Å²) in [5.74, 6) is -0.0677. The van der Waals surface area contributed by atoms with Gasteiger partial charge in [0.2, 0.25) is 5.91 Å². The molecule has 0 aromatic heterocycles. The van der Waals surface area contributed by atoms with E-state index in [1.54, 1.807) is 6.08 Å². The summed E-state index contributed by atoms with van der Waals surface area (Å²) in [7, 11) is 0. The van der Waals surface area contributed by atoms with E-state index in [9.17, 15) is 15.0 Å². The number of nitrogens with one attached hydrogen (secondary N) is 1. The molecule has 0 aliphatic heterocycles. The Kier molecular flexibility index (Phi) is 58.7. The number of unbranched alkanes of at least 4 members (excludes halogenated alkanes) is 47. The van der Waals surface area contributed by atoms with E-state index in [0.717, 1.165) is 32.1 Å². The zero-order chi connectivity index (χ0) is 49.2. The molecule has 68 heavy (non-hydrogen) atoms. The SMILES string of the molecule is CCCCCCCCCCCCCCCC/C=C\CCCCCCCCCCCCCCCCCCCC(=O)NC(CO)C(O)/C=C/CC/C=C/CCCCCCCCCCCCCCCCC. The van der Waals surface area contributed by atoms with Crippen molar-refractivity contribution in [3.63, 3.8) is 0 Å². The normalized spacial score (nSPS) is 12.9. The molecule has 0 radical (unpaired) electrons. The van der Waals surface area contributed by atoms with Crippen molar-refractivity contribution in [3.05, 3.63) is 36.5 Å². The third-order valence-corrected chi connectivity index (χ3v) is 14.6. The van der Waals surface area contributed by atoms with E-state index in [1.165, 1.54) is 295 Å². The van der Waals surface area contributed by atoms with Gasteiger partial charge in [-0.05, 0) is 57.8 Å². The summed E-state index contributed by atoms with van der Waals surface area (Å²) in [6.45, 7) is 4.34. The molecule has 0 rings (SSSR count). The van der Waals surface area contributed by atoms with E-state index in [-0.39, 0.29) is 12.5 Å². The van der Waals surface area contributed by atoms with E-state index < -0.39 is 12.1 Å². The number of carbonyl (C=O) groups is 1. The van der Waals surface area contributed by atoms with Crippen LogP contribution in [-0.4, -0.2) is 34.9 Å². The lowest BCUT2D eigenvalue weighted by molar-refractivity contribution is -0.123. The molecule has 2 atom stereocenters. The topological polar surface area (TPSA) is 69.6 Å². The molecule has 0 saturated carbocycles. The molecule has 3 N–H and O–H groups in total. The number of amides is 1. The van der Waals surface area contributed by atoms with Gasteiger partial charge in [0, 0.05) is 6.42 Å². The van der Waals surface area contributed by atoms with E-state index in [4.69, 9.17) is 0 Å². The standard InChI is InChI=1S/C64H123NO3/c1-3-5-7-9-11-13-15-17-19-21-23-25-26-27-28-29-30-31-32-33-34-35-36-37-38-40-42-44-46-48-50-52-54-56-58-60-64(68)65-62(61-66)63(67)59-57-55-53-51-49-47-45-43-41-39-24-22-20-18-16-14-12-10-8-6-4-2/h29-30,49,51,57,59,62-63,66-67H,3-28,31-48,50,52-56,58,60-61H2,1-2H3,(H,65,68)/b30-29-,51-49+,59-57+. The Morgan fingerprint density at radius 3 is 0.853 bits per heavy atom. The quantitative estimate of drug-likeness (QED) is 0.0420. The molecule has 0 aromatic carbocycles. The summed E-state index contributed by atoms with van der Waals surface area (Å²) in [4.78, 5) is 12.5. The molecule has 0 fully saturated rings. The molecule has 0 bridgehead atoms. The van der Waals surface area contributed by atoms with Gasteiger partial charge in [-0.3, -0.25) is 4.79 Å². The molecular weight excluding hydrogens is 831 g/mol. The van der Waals surface area contributed by atoms with Crippen molar-refractivity contribution in [2.75, 3.05) is 6.61 Å². The third kappa shape index (κ3) is 55.5. The first-order chi connectivity index (χ1) is 33.7. The Balaban J connectivity index is 3.45. The average molecular weight is 955 g/mol. The van der Waals surface area contributed by atoms with E-state index in [2.05, 4.69) is 43.5 Å². The smallest absolute Gasteiger partial charge is 0.220 e. The maximum absolute atomic E-state index is 12.5. The van der Waals surface area contributed by atoms with Crippen LogP contribution >= 0.6 is 0 Å². The van der Waals surface area contributed by atoms with Gasteiger partial charge < -0.3 is 15.5 Å². The van der Waals surface area contributed by atoms with Gasteiger partial charge in [-0.25, -0.2) is 0 Å². The zero-order valence-corrected chi connectivity index (χ0v) is 46.4. The highest BCUT2D eigenvalue weighted by Gasteiger charge is 2.18. The fraction of sp³-hybridized carbons (Fsp3) is 0.891. The second kappa shape index (κ2) is 59.9. The van der Waals surface area contributed by atoms with Crippen LogP contribution in [0.2, 0.25) is 0 Å². The third-order valence-electron chi connectivity index (χ3n) is 14.6. The van der Waals surface area contributed by atoms with Crippen molar-refractivity contribution in [2.24, 2.45) is 0 Å². The number of rotatable bonds is 58. The number of aliphatic hydroxyl groups excluding tert-OH is 2. The highest BCUT2D eigenvalue weighted by atomic mass is 16.3. The summed E-state index contributed by atoms with van der Waals surface area (Å²) in [6.07, 6.45) is 82.0. The Morgan fingerprint density at radius 2 is 0.574 bits per heavy atom. The number of hydrogen-bond acceptors (Lipinski definition) is 3. The molecule has 402 valence electrons. The minimum atomic E-state index is -0.862. The number of allylic oxidation sites excluding steroid dienone is 5. The maximum atomic E-state index is 12.5. The van der Waals surface area contributed by atoms with Crippen LogP contribution in [0.15, 0.2) is 36.5 Å². The van der Waals surface area contributed by atoms with Gasteiger partial charge in [-0.1, -0.05) is 320 Å². The minimum absolute atomic E-state index is 0.0677. The Labute approximate surface area is 427 Å². The Hall–Kier alpha value is -1.39. The summed E-state index contributed by atoms with van der Waals surface area (Å²) in [5, 5.41) is 23.2. The summed E-state index contributed by atoms with van der Waals surface area (Å²) in [6, 6.07) is -0.638. The van der Waals surface area contributed by atoms with E-state index >= 15 is 0 Å². The second-order valence-corrected chi connectivity index (χ2v) is 21.5. The molecule has 2 unspecified atom stereocenters. The van der Waals surface area contributed by atoms with Gasteiger partial charge in [0.25, 0.3) is 0 Å². The number of hydrogen-bond donors (Lipinski definition) is 3. The Morgan fingerprint density at radius 1 is 0.338 bits per heavy atom. The van der Waals surface area contributed by atoms with Gasteiger partial charge >= 0.3 is 0 Å². The van der Waals surface area contributed by atoms with E-state index in [0.29, 0.717) is 6.42 Å². The Bertz CT molecular complexity index is 1040. The van der Waals surface area contributed by atoms with Gasteiger partial charge in [0.05, 0.1) is 18.8 Å². The zero-order valence-electron chi connectivity index (χ0n) is 46.4. The fourth-order valence-corrected chi connectivity index (χ4v) is 9.84. The van der Waals surface area contributed by atoms with Crippen molar-refractivity contribution in [1.29, 1.82) is 0 Å². The van der Waals surface area contributed by atoms with Gasteiger partial charge in [-0.2, -0.15) is 0 Å². The van der Waals surface area contributed by atoms with Crippen LogP contribution in [0.5, 0.6) is 0 Å². The van der Waals surface area contributed by atoms with Crippen LogP contribution in [-0.2, 0) is 4.79 Å². The molecule has 4 heteroatoms. The maximum Gasteiger partial charge on any atom is 0.220 e. The number of carbonyl (C=O) groups excluding carboxylic acids is 1. The summed E-state index contributed by atoms with van der Waals surface area (Å²) < 4.78 is 0. The molecule has 0 saturated heterocycles. The predicted octanol–water partition coefficient (Wildman–Crippen LogP) is 20.8. The molecule has 0 spiro atoms. The fourth-order valence-electron chi connectivity index (χ4n) is 9.84. The van der Waals surface area contributed by atoms with Crippen LogP contribution < -0.4 is 5.32 Å². The number of aliphatic hydroxyl groups is 2. The van der Waals surface area contributed by atoms with Crippen molar-refractivity contribution in [2.45, 2.75) is 360 Å². The monoisotopic (exact) mass is 954 g/mol. The summed E-state index contributed by atoms with van der Waals surface area (Å²) >= 11 is 0. The van der Waals surface area contributed by atoms with Gasteiger partial charge in [-0.15, -0.1) is 0 Å². The van der Waals surface area contributed by atoms with Crippen LogP contribution in [0, 0.1) is 0 Å². The minimum Gasteiger partial charge on any atom is -0.394 e. The highest BCUT2D eigenvalue weighted by Crippen LogP contribution is 2.18. The first-order valence-electron chi connectivity index (χ1n) is 31.2. The first-order valence-corrected chi connectivity index (χ1v) is 31.2. The molecule has 4 nitrogen and oxygen atoms in total. The first kappa shape index (κ1) is 66.6. The lowest BCUT2D eigenvalue weighted by atomic mass is 10.0. The van der Waals surface area contributed by atoms with Gasteiger partial charge in [0.1, 0.15) is 0 Å². The lowest BCUT2D eigenvalue weighted by Gasteiger charge is -2.19. The molecule has 0 aromatic rings. The largest absolute Gasteiger partial charge is 0.394 e. The molecular formula is C64H123NO3. The molecule has 0 heterocycles. The molecule has 0 aliphatic rings. The lowest BCUT2D eigenvalue weighted by Crippen LogP contribution is -2.45. The van der Waals surface area contributed by atoms with E-state index in [1.807, 2.05) is 6.08 Å². The van der Waals surface area contributed by atoms with Crippen LogP contribution in [0.25, 0.3) is 0 Å². The predicted molar refractivity (Wildman–Crippen MR) is 304 cm³/mol. The highest BCUT2D eigenvalue weighted by molar-refractivity contribution is 5.76. The molecule has 1 amide bonds. The average Bonchev–Trinajstić information content (AvgIpc) is 3.34.